The molecule has 1 atom stereocenters. The third-order valence-electron chi connectivity index (χ3n) is 1.89. The maximum atomic E-state index is 12.3. The lowest BCUT2D eigenvalue weighted by Gasteiger charge is -2.16. The molecule has 0 saturated carbocycles. The molecule has 0 heterocycles. The predicted octanol–water partition coefficient (Wildman–Crippen LogP) is 2.56. The van der Waals surface area contributed by atoms with Crippen molar-refractivity contribution in [1.29, 1.82) is 0 Å². The van der Waals surface area contributed by atoms with E-state index in [4.69, 9.17) is 5.73 Å². The molecule has 0 aliphatic rings. The van der Waals surface area contributed by atoms with E-state index < -0.39 is 35.9 Å². The number of halogens is 5. The Balaban J connectivity index is 3.07. The Morgan fingerprint density at radius 2 is 1.82 bits per heavy atom. The van der Waals surface area contributed by atoms with Crippen LogP contribution in [0.25, 0.3) is 0 Å². The molecule has 3 nitrogen and oxygen atoms in total. The number of para-hydroxylation sites is 1. The third kappa shape index (κ3) is 3.45. The van der Waals surface area contributed by atoms with E-state index in [-0.39, 0.29) is 0 Å². The SMILES string of the molecule is N[C@@H](c1cccc(OC(F)(F)F)c1O)C(F)F. The van der Waals surface area contributed by atoms with E-state index >= 15 is 0 Å². The van der Waals surface area contributed by atoms with E-state index in [0.717, 1.165) is 18.2 Å². The summed E-state index contributed by atoms with van der Waals surface area (Å²) in [7, 11) is 0. The Morgan fingerprint density at radius 1 is 1.24 bits per heavy atom. The number of nitrogens with two attached hydrogens (primary N) is 1. The van der Waals surface area contributed by atoms with Crippen molar-refractivity contribution in [1.82, 2.24) is 0 Å². The number of alkyl halides is 5. The summed E-state index contributed by atoms with van der Waals surface area (Å²) in [4.78, 5) is 0. The van der Waals surface area contributed by atoms with Gasteiger partial charge in [0.1, 0.15) is 0 Å². The highest BCUT2D eigenvalue weighted by Crippen LogP contribution is 2.37. The molecule has 0 spiro atoms. The van der Waals surface area contributed by atoms with Crippen LogP contribution < -0.4 is 10.5 Å². The molecular weight excluding hydrogens is 249 g/mol. The Kier molecular flexibility index (Phi) is 3.76. The summed E-state index contributed by atoms with van der Waals surface area (Å²) in [5, 5.41) is 9.33. The number of benzene rings is 1. The number of rotatable bonds is 3. The van der Waals surface area contributed by atoms with Gasteiger partial charge < -0.3 is 15.6 Å². The molecule has 0 bridgehead atoms. The smallest absolute Gasteiger partial charge is 0.504 e. The predicted molar refractivity (Wildman–Crippen MR) is 47.7 cm³/mol. The van der Waals surface area contributed by atoms with E-state index in [1.54, 1.807) is 0 Å². The summed E-state index contributed by atoms with van der Waals surface area (Å²) in [5.41, 5.74) is 4.51. The first-order chi connectivity index (χ1) is 7.72. The first kappa shape index (κ1) is 13.5. The molecule has 1 aromatic carbocycles. The molecule has 17 heavy (non-hydrogen) atoms. The Labute approximate surface area is 92.6 Å². The molecule has 3 N–H and O–H groups in total. The van der Waals surface area contributed by atoms with E-state index in [1.807, 2.05) is 0 Å². The van der Waals surface area contributed by atoms with Gasteiger partial charge in [0, 0.05) is 5.56 Å². The molecule has 0 saturated heterocycles. The topological polar surface area (TPSA) is 55.5 Å². The van der Waals surface area contributed by atoms with Gasteiger partial charge in [-0.1, -0.05) is 12.1 Å². The van der Waals surface area contributed by atoms with E-state index in [0.29, 0.717) is 0 Å². The van der Waals surface area contributed by atoms with Gasteiger partial charge in [-0.15, -0.1) is 13.2 Å². The van der Waals surface area contributed by atoms with Crippen molar-refractivity contribution in [3.8, 4) is 11.5 Å². The average Bonchev–Trinajstić information content (AvgIpc) is 2.18. The zero-order valence-electron chi connectivity index (χ0n) is 8.21. The highest BCUT2D eigenvalue weighted by Gasteiger charge is 2.33. The van der Waals surface area contributed by atoms with Crippen LogP contribution in [0.3, 0.4) is 0 Å². The molecule has 0 radical (unpaired) electrons. The van der Waals surface area contributed by atoms with E-state index in [2.05, 4.69) is 4.74 Å². The molecule has 0 aromatic heterocycles. The molecule has 0 unspecified atom stereocenters. The Hall–Kier alpha value is -1.57. The average molecular weight is 257 g/mol. The highest BCUT2D eigenvalue weighted by molar-refractivity contribution is 5.47. The fourth-order valence-electron chi connectivity index (χ4n) is 1.15. The van der Waals surface area contributed by atoms with Crippen LogP contribution in [0, 0.1) is 0 Å². The molecule has 8 heteroatoms. The second-order valence-electron chi connectivity index (χ2n) is 3.10. The summed E-state index contributed by atoms with van der Waals surface area (Å²) in [6.07, 6.45) is -8.03. The van der Waals surface area contributed by atoms with Crippen molar-refractivity contribution in [3.05, 3.63) is 23.8 Å². The molecular formula is C9H8F5NO2. The third-order valence-corrected chi connectivity index (χ3v) is 1.89. The zero-order chi connectivity index (χ0) is 13.2. The van der Waals surface area contributed by atoms with Crippen molar-refractivity contribution >= 4 is 0 Å². The van der Waals surface area contributed by atoms with Gasteiger partial charge >= 0.3 is 6.36 Å². The minimum absolute atomic E-state index is 0.512. The molecule has 0 aliphatic carbocycles. The summed E-state index contributed by atoms with van der Waals surface area (Å²) in [6, 6.07) is 0.935. The summed E-state index contributed by atoms with van der Waals surface area (Å²) < 4.78 is 63.7. The summed E-state index contributed by atoms with van der Waals surface area (Å²) in [5.74, 6) is -2.01. The van der Waals surface area contributed by atoms with Crippen LogP contribution in [0.5, 0.6) is 11.5 Å². The molecule has 1 rings (SSSR count). The van der Waals surface area contributed by atoms with Crippen LogP contribution in [0.4, 0.5) is 22.0 Å². The minimum atomic E-state index is -5.02. The lowest BCUT2D eigenvalue weighted by Crippen LogP contribution is -2.20. The maximum absolute atomic E-state index is 12.3. The molecule has 96 valence electrons. The Morgan fingerprint density at radius 3 is 2.29 bits per heavy atom. The quantitative estimate of drug-likeness (QED) is 0.818. The van der Waals surface area contributed by atoms with Crippen molar-refractivity contribution in [2.24, 2.45) is 5.73 Å². The van der Waals surface area contributed by atoms with Crippen LogP contribution in [0.2, 0.25) is 0 Å². The highest BCUT2D eigenvalue weighted by atomic mass is 19.4. The van der Waals surface area contributed by atoms with Gasteiger partial charge in [-0.3, -0.25) is 0 Å². The fourth-order valence-corrected chi connectivity index (χ4v) is 1.15. The minimum Gasteiger partial charge on any atom is -0.504 e. The van der Waals surface area contributed by atoms with Crippen LogP contribution in [-0.2, 0) is 0 Å². The first-order valence-corrected chi connectivity index (χ1v) is 4.33. The molecule has 0 aliphatic heterocycles. The lowest BCUT2D eigenvalue weighted by molar-refractivity contribution is -0.275. The molecule has 0 amide bonds. The van der Waals surface area contributed by atoms with Gasteiger partial charge in [0.05, 0.1) is 6.04 Å². The summed E-state index contributed by atoms with van der Waals surface area (Å²) in [6.45, 7) is 0. The van der Waals surface area contributed by atoms with Crippen LogP contribution in [0.15, 0.2) is 18.2 Å². The van der Waals surface area contributed by atoms with Gasteiger partial charge in [0.2, 0.25) is 0 Å². The maximum Gasteiger partial charge on any atom is 0.573 e. The molecule has 1 aromatic rings. The number of aromatic hydroxyl groups is 1. The fraction of sp³-hybridized carbons (Fsp3) is 0.333. The van der Waals surface area contributed by atoms with Crippen LogP contribution >= 0.6 is 0 Å². The van der Waals surface area contributed by atoms with Crippen LogP contribution in [-0.4, -0.2) is 17.9 Å². The standard InChI is InChI=1S/C9H8F5NO2/c10-8(11)6(15)4-2-1-3-5(7(4)16)17-9(12,13)14/h1-3,6,8,16H,15H2/t6-/m0/s1. The second-order valence-corrected chi connectivity index (χ2v) is 3.10. The zero-order valence-corrected chi connectivity index (χ0v) is 8.21. The normalized spacial score (nSPS) is 13.8. The monoisotopic (exact) mass is 257 g/mol. The number of ether oxygens (including phenoxy) is 1. The van der Waals surface area contributed by atoms with Gasteiger partial charge in [0.15, 0.2) is 11.5 Å². The second kappa shape index (κ2) is 4.74. The summed E-state index contributed by atoms with van der Waals surface area (Å²) >= 11 is 0. The number of hydrogen-bond acceptors (Lipinski definition) is 3. The van der Waals surface area contributed by atoms with Crippen molar-refractivity contribution in [2.75, 3.05) is 0 Å². The van der Waals surface area contributed by atoms with E-state index in [1.165, 1.54) is 0 Å². The van der Waals surface area contributed by atoms with Crippen molar-refractivity contribution < 1.29 is 31.8 Å². The number of hydrogen-bond donors (Lipinski definition) is 2. The lowest BCUT2D eigenvalue weighted by atomic mass is 10.1. The van der Waals surface area contributed by atoms with Gasteiger partial charge in [0.25, 0.3) is 6.43 Å². The van der Waals surface area contributed by atoms with Gasteiger partial charge in [-0.05, 0) is 6.07 Å². The number of phenols is 1. The molecule has 0 fully saturated rings. The van der Waals surface area contributed by atoms with Crippen LogP contribution in [0.1, 0.15) is 11.6 Å². The van der Waals surface area contributed by atoms with Gasteiger partial charge in [-0.2, -0.15) is 0 Å². The van der Waals surface area contributed by atoms with Crippen molar-refractivity contribution in [2.45, 2.75) is 18.8 Å². The first-order valence-electron chi connectivity index (χ1n) is 4.33. The van der Waals surface area contributed by atoms with Crippen molar-refractivity contribution in [3.63, 3.8) is 0 Å². The number of phenolic OH excluding ortho intramolecular Hbond substituents is 1. The van der Waals surface area contributed by atoms with Gasteiger partial charge in [-0.25, -0.2) is 8.78 Å². The largest absolute Gasteiger partial charge is 0.573 e. The van der Waals surface area contributed by atoms with E-state index in [9.17, 15) is 27.1 Å². The Bertz CT molecular complexity index is 393.